The summed E-state index contributed by atoms with van der Waals surface area (Å²) in [6, 6.07) is 11.4. The van der Waals surface area contributed by atoms with Gasteiger partial charge >= 0.3 is 5.69 Å². The molecule has 0 bridgehead atoms. The molecule has 0 spiro atoms. The number of phenols is 1. The van der Waals surface area contributed by atoms with Crippen LogP contribution in [0.25, 0.3) is 28.2 Å². The number of nitrogens with one attached hydrogen (secondary N) is 3. The van der Waals surface area contributed by atoms with Crippen LogP contribution in [0.15, 0.2) is 47.3 Å². The van der Waals surface area contributed by atoms with Crippen molar-refractivity contribution in [3.8, 4) is 34.3 Å². The second kappa shape index (κ2) is 7.80. The highest BCUT2D eigenvalue weighted by molar-refractivity contribution is 6.04. The van der Waals surface area contributed by atoms with Crippen LogP contribution in [0.3, 0.4) is 0 Å². The smallest absolute Gasteiger partial charge is 0.332 e. The summed E-state index contributed by atoms with van der Waals surface area (Å²) in [5.74, 6) is 0.242. The van der Waals surface area contributed by atoms with Gasteiger partial charge in [-0.05, 0) is 30.3 Å². The van der Waals surface area contributed by atoms with Crippen LogP contribution in [0.4, 0.5) is 0 Å². The Hall–Kier alpha value is -4.38. The van der Waals surface area contributed by atoms with Gasteiger partial charge in [-0.25, -0.2) is 19.3 Å². The number of imidazole rings is 1. The molecule has 0 unspecified atom stereocenters. The molecule has 0 amide bonds. The van der Waals surface area contributed by atoms with Crippen LogP contribution >= 0.6 is 0 Å². The van der Waals surface area contributed by atoms with E-state index in [-0.39, 0.29) is 34.2 Å². The molecule has 11 heteroatoms. The van der Waals surface area contributed by atoms with Crippen LogP contribution in [0.2, 0.25) is 0 Å². The second-order valence-electron chi connectivity index (χ2n) is 6.41. The summed E-state index contributed by atoms with van der Waals surface area (Å²) in [6.07, 6.45) is 0. The fraction of sp³-hybridized carbons (Fsp3) is 0.100. The fourth-order valence-electron chi connectivity index (χ4n) is 3.21. The Bertz CT molecular complexity index is 1360. The standard InChI is InChI=1S/C20H18N6O5/c1-30-13-6-4-3-5-11(13)26-19-16(23-20(26)28)15(17(21)25-29)22-18(24-19)10-7-8-14(31-2)12(27)9-10/h3-9,27,29H,1-2H3,(H2,21,25)(H,23,28). The van der Waals surface area contributed by atoms with Crippen molar-refractivity contribution in [2.45, 2.75) is 0 Å². The number of ether oxygens (including phenoxy) is 2. The summed E-state index contributed by atoms with van der Waals surface area (Å²) in [5, 5.41) is 27.4. The Morgan fingerprint density at radius 1 is 1.13 bits per heavy atom. The van der Waals surface area contributed by atoms with Crippen molar-refractivity contribution >= 4 is 17.0 Å². The molecule has 0 saturated carbocycles. The van der Waals surface area contributed by atoms with Gasteiger partial charge in [0.25, 0.3) is 0 Å². The minimum absolute atomic E-state index is 0.0384. The van der Waals surface area contributed by atoms with Gasteiger partial charge in [-0.15, -0.1) is 0 Å². The quantitative estimate of drug-likeness (QED) is 0.185. The number of para-hydroxylation sites is 2. The number of hydroxylamine groups is 1. The van der Waals surface area contributed by atoms with E-state index in [4.69, 9.17) is 14.9 Å². The summed E-state index contributed by atoms with van der Waals surface area (Å²) < 4.78 is 11.7. The Balaban J connectivity index is 2.05. The molecular weight excluding hydrogens is 404 g/mol. The number of fused-ring (bicyclic) bond motifs is 1. The first kappa shape index (κ1) is 19.9. The third-order valence-electron chi connectivity index (χ3n) is 4.65. The summed E-state index contributed by atoms with van der Waals surface area (Å²) in [6.45, 7) is 0. The summed E-state index contributed by atoms with van der Waals surface area (Å²) in [5.41, 5.74) is 2.31. The van der Waals surface area contributed by atoms with E-state index in [2.05, 4.69) is 15.0 Å². The largest absolute Gasteiger partial charge is 0.504 e. The average Bonchev–Trinajstić information content (AvgIpc) is 3.13. The first-order valence-electron chi connectivity index (χ1n) is 9.01. The number of hydrogen-bond donors (Lipinski definition) is 5. The van der Waals surface area contributed by atoms with Crippen molar-refractivity contribution in [2.75, 3.05) is 14.2 Å². The number of hydrogen-bond acceptors (Lipinski definition) is 8. The zero-order valence-corrected chi connectivity index (χ0v) is 16.5. The summed E-state index contributed by atoms with van der Waals surface area (Å²) in [4.78, 5) is 24.3. The van der Waals surface area contributed by atoms with Crippen LogP contribution in [0, 0.1) is 5.41 Å². The SMILES string of the molecule is COc1ccc(-c2nc(C(=N)NO)c3[nH]c(=O)n(-c4ccccc4OC)c3n2)cc1O. The zero-order chi connectivity index (χ0) is 22.1. The van der Waals surface area contributed by atoms with Crippen LogP contribution in [-0.2, 0) is 0 Å². The van der Waals surface area contributed by atoms with E-state index in [1.807, 2.05) is 0 Å². The topological polar surface area (TPSA) is 158 Å². The molecule has 0 atom stereocenters. The zero-order valence-electron chi connectivity index (χ0n) is 16.5. The lowest BCUT2D eigenvalue weighted by molar-refractivity contribution is 0.234. The number of phenolic OH excluding ortho intramolecular Hbond substituents is 1. The first-order valence-corrected chi connectivity index (χ1v) is 9.01. The van der Waals surface area contributed by atoms with Gasteiger partial charge in [0.15, 0.2) is 28.8 Å². The molecule has 0 aliphatic heterocycles. The third-order valence-corrected chi connectivity index (χ3v) is 4.65. The van der Waals surface area contributed by atoms with Crippen LogP contribution in [0.1, 0.15) is 5.69 Å². The molecule has 11 nitrogen and oxygen atoms in total. The maximum absolute atomic E-state index is 12.8. The number of methoxy groups -OCH3 is 2. The van der Waals surface area contributed by atoms with Crippen molar-refractivity contribution in [2.24, 2.45) is 0 Å². The van der Waals surface area contributed by atoms with E-state index in [1.165, 1.54) is 30.9 Å². The molecule has 4 aromatic rings. The molecule has 31 heavy (non-hydrogen) atoms. The summed E-state index contributed by atoms with van der Waals surface area (Å²) in [7, 11) is 2.91. The van der Waals surface area contributed by atoms with Gasteiger partial charge in [0.2, 0.25) is 0 Å². The minimum Gasteiger partial charge on any atom is -0.504 e. The van der Waals surface area contributed by atoms with E-state index >= 15 is 0 Å². The Morgan fingerprint density at radius 3 is 2.55 bits per heavy atom. The molecule has 2 heterocycles. The van der Waals surface area contributed by atoms with E-state index in [9.17, 15) is 15.1 Å². The predicted molar refractivity (Wildman–Crippen MR) is 111 cm³/mol. The van der Waals surface area contributed by atoms with Gasteiger partial charge in [-0.1, -0.05) is 12.1 Å². The van der Waals surface area contributed by atoms with Gasteiger partial charge in [0, 0.05) is 5.56 Å². The highest BCUT2D eigenvalue weighted by Crippen LogP contribution is 2.31. The molecule has 0 saturated heterocycles. The predicted octanol–water partition coefficient (Wildman–Crippen LogP) is 1.80. The van der Waals surface area contributed by atoms with E-state index in [1.54, 1.807) is 35.8 Å². The normalized spacial score (nSPS) is 10.8. The number of rotatable bonds is 5. The van der Waals surface area contributed by atoms with Gasteiger partial charge < -0.3 is 19.6 Å². The maximum atomic E-state index is 12.8. The van der Waals surface area contributed by atoms with Gasteiger partial charge in [0.1, 0.15) is 17.0 Å². The number of aromatic hydroxyl groups is 1. The van der Waals surface area contributed by atoms with Gasteiger partial charge in [0.05, 0.1) is 19.9 Å². The maximum Gasteiger partial charge on any atom is 0.332 e. The van der Waals surface area contributed by atoms with Crippen LogP contribution in [0.5, 0.6) is 17.2 Å². The van der Waals surface area contributed by atoms with Crippen molar-refractivity contribution in [1.82, 2.24) is 25.0 Å². The van der Waals surface area contributed by atoms with E-state index in [0.717, 1.165) is 0 Å². The van der Waals surface area contributed by atoms with Gasteiger partial charge in [-0.3, -0.25) is 16.1 Å². The Labute approximate surface area is 175 Å². The number of benzene rings is 2. The minimum atomic E-state index is -0.532. The first-order chi connectivity index (χ1) is 15.0. The summed E-state index contributed by atoms with van der Waals surface area (Å²) >= 11 is 0. The molecule has 0 aliphatic rings. The third kappa shape index (κ3) is 3.32. The molecule has 0 aliphatic carbocycles. The van der Waals surface area contributed by atoms with E-state index < -0.39 is 11.5 Å². The van der Waals surface area contributed by atoms with Crippen LogP contribution < -0.4 is 20.6 Å². The second-order valence-corrected chi connectivity index (χ2v) is 6.41. The Kier molecular flexibility index (Phi) is 5.01. The molecular formula is C20H18N6O5. The van der Waals surface area contributed by atoms with Gasteiger partial charge in [-0.2, -0.15) is 0 Å². The number of aromatic nitrogens is 4. The van der Waals surface area contributed by atoms with E-state index in [0.29, 0.717) is 17.0 Å². The monoisotopic (exact) mass is 422 g/mol. The lowest BCUT2D eigenvalue weighted by atomic mass is 10.1. The number of amidine groups is 1. The number of aromatic amines is 1. The van der Waals surface area contributed by atoms with Crippen LogP contribution in [-0.4, -0.2) is 49.9 Å². The molecule has 2 aromatic carbocycles. The molecule has 4 rings (SSSR count). The molecule has 2 aromatic heterocycles. The molecule has 0 fully saturated rings. The van der Waals surface area contributed by atoms with Crippen molar-refractivity contribution in [3.05, 3.63) is 58.6 Å². The molecule has 158 valence electrons. The lowest BCUT2D eigenvalue weighted by Gasteiger charge is -2.11. The average molecular weight is 422 g/mol. The Morgan fingerprint density at radius 2 is 1.87 bits per heavy atom. The van der Waals surface area contributed by atoms with Crippen molar-refractivity contribution < 1.29 is 19.8 Å². The highest BCUT2D eigenvalue weighted by Gasteiger charge is 2.21. The fourth-order valence-corrected chi connectivity index (χ4v) is 3.21. The number of H-pyrrole nitrogens is 1. The number of nitrogens with zero attached hydrogens (tertiary/aromatic N) is 3. The molecule has 5 N–H and O–H groups in total. The highest BCUT2D eigenvalue weighted by atomic mass is 16.5. The lowest BCUT2D eigenvalue weighted by Crippen LogP contribution is -2.21. The molecule has 0 radical (unpaired) electrons. The van der Waals surface area contributed by atoms with Crippen molar-refractivity contribution in [1.29, 1.82) is 5.41 Å². The van der Waals surface area contributed by atoms with Crippen molar-refractivity contribution in [3.63, 3.8) is 0 Å².